The molecule has 6 rings (SSSR count). The van der Waals surface area contributed by atoms with E-state index in [1.807, 2.05) is 0 Å². The summed E-state index contributed by atoms with van der Waals surface area (Å²) in [6.07, 6.45) is 0. The van der Waals surface area contributed by atoms with Crippen LogP contribution in [0.4, 0.5) is 0 Å². The summed E-state index contributed by atoms with van der Waals surface area (Å²) in [5.74, 6) is 0. The summed E-state index contributed by atoms with van der Waals surface area (Å²) >= 11 is 0. The van der Waals surface area contributed by atoms with E-state index in [0.717, 1.165) is 0 Å². The molecule has 6 aromatic carbocycles. The average Bonchev–Trinajstić information content (AvgIpc) is 3.04. The van der Waals surface area contributed by atoms with Crippen LogP contribution < -0.4 is 36.7 Å². The van der Waals surface area contributed by atoms with Crippen molar-refractivity contribution >= 4 is 46.7 Å². The van der Waals surface area contributed by atoms with E-state index in [4.69, 9.17) is 0 Å². The fourth-order valence-electron chi connectivity index (χ4n) is 5.38. The number of rotatable bonds is 8. The van der Waals surface area contributed by atoms with Gasteiger partial charge in [0.05, 0.1) is 0 Å². The molecule has 0 aliphatic rings. The summed E-state index contributed by atoms with van der Waals surface area (Å²) in [5.41, 5.74) is 0. The molecule has 0 saturated heterocycles. The van der Waals surface area contributed by atoms with Crippen LogP contribution in [-0.4, -0.2) is 0 Å². The summed E-state index contributed by atoms with van der Waals surface area (Å²) in [6, 6.07) is 66.4. The molecule has 39 heavy (non-hydrogen) atoms. The van der Waals surface area contributed by atoms with Crippen molar-refractivity contribution in [2.45, 2.75) is 0 Å². The molecule has 0 spiro atoms. The smallest absolute Gasteiger partial charge is 0.0620 e. The normalized spacial score (nSPS) is 11.7. The van der Waals surface area contributed by atoms with Crippen molar-refractivity contribution in [3.8, 4) is 0 Å². The maximum absolute atomic E-state index is 4.60. The van der Waals surface area contributed by atoms with Crippen LogP contribution in [0.3, 0.4) is 0 Å². The van der Waals surface area contributed by atoms with Crippen LogP contribution >= 0.6 is 14.8 Å². The fourth-order valence-corrected chi connectivity index (χ4v) is 15.5. The molecule has 3 heteroatoms. The van der Waals surface area contributed by atoms with Crippen LogP contribution in [0.25, 0.3) is 0 Å². The van der Waals surface area contributed by atoms with Crippen molar-refractivity contribution in [3.63, 3.8) is 0 Å². The zero-order chi connectivity index (χ0) is 26.4. The van der Waals surface area contributed by atoms with Crippen molar-refractivity contribution in [2.75, 3.05) is 0 Å². The summed E-state index contributed by atoms with van der Waals surface area (Å²) < 4.78 is 0. The van der Waals surface area contributed by atoms with E-state index in [0.29, 0.717) is 0 Å². The molecule has 6 aromatic rings. The quantitative estimate of drug-likeness (QED) is 0.221. The first-order valence-electron chi connectivity index (χ1n) is 13.3. The molecule has 0 aliphatic carbocycles. The molecule has 0 saturated carbocycles. The van der Waals surface area contributed by atoms with Gasteiger partial charge in [-0.05, 0) is 77.7 Å². The molecule has 0 radical (unpaired) electrons. The topological polar surface area (TPSA) is 12.0 Å². The molecule has 1 nitrogen and oxygen atoms in total. The first kappa shape index (κ1) is 25.4. The van der Waals surface area contributed by atoms with Crippen LogP contribution in [0.2, 0.25) is 0 Å². The molecule has 0 aromatic heterocycles. The molecule has 0 fully saturated rings. The predicted molar refractivity (Wildman–Crippen MR) is 173 cm³/mol. The highest BCUT2D eigenvalue weighted by Crippen LogP contribution is 2.65. The second-order valence-electron chi connectivity index (χ2n) is 9.45. The predicted octanol–water partition coefficient (Wildman–Crippen LogP) is 6.39. The lowest BCUT2D eigenvalue weighted by Gasteiger charge is -2.34. The van der Waals surface area contributed by atoms with E-state index in [9.17, 15) is 0 Å². The van der Waals surface area contributed by atoms with Crippen LogP contribution in [0.15, 0.2) is 182 Å². The Kier molecular flexibility index (Phi) is 7.49. The Morgan fingerprint density at radius 3 is 0.538 bits per heavy atom. The van der Waals surface area contributed by atoms with E-state index in [2.05, 4.69) is 187 Å². The van der Waals surface area contributed by atoms with Gasteiger partial charge in [-0.3, -0.25) is 0 Å². The van der Waals surface area contributed by atoms with Gasteiger partial charge >= 0.3 is 0 Å². The Bertz CT molecular complexity index is 1270. The molecule has 0 aliphatic heterocycles. The summed E-state index contributed by atoms with van der Waals surface area (Å²) in [6.45, 7) is 0. The summed E-state index contributed by atoms with van der Waals surface area (Å²) in [7, 11) is -4.74. The van der Waals surface area contributed by atoms with Gasteiger partial charge in [0.2, 0.25) is 14.8 Å². The minimum absolute atomic E-state index is 1.31. The van der Waals surface area contributed by atoms with Gasteiger partial charge in [-0.1, -0.05) is 109 Å². The summed E-state index contributed by atoms with van der Waals surface area (Å²) in [4.78, 5) is 4.60. The van der Waals surface area contributed by atoms with Crippen LogP contribution in [-0.2, 0) is 0 Å². The molecule has 0 amide bonds. The third-order valence-corrected chi connectivity index (χ3v) is 16.0. The summed E-state index contributed by atoms with van der Waals surface area (Å²) in [5, 5.41) is 7.89. The Labute approximate surface area is 233 Å². The van der Waals surface area contributed by atoms with Crippen LogP contribution in [0.1, 0.15) is 0 Å². The first-order valence-corrected chi connectivity index (χ1v) is 16.8. The second-order valence-corrected chi connectivity index (χ2v) is 16.0. The molecule has 0 atom stereocenters. The maximum atomic E-state index is 4.60. The van der Waals surface area contributed by atoms with Gasteiger partial charge in [0.15, 0.2) is 0 Å². The van der Waals surface area contributed by atoms with E-state index >= 15 is 0 Å². The van der Waals surface area contributed by atoms with E-state index in [1.165, 1.54) is 31.8 Å². The first-order chi connectivity index (χ1) is 19.3. The molecule has 0 heterocycles. The number of benzene rings is 6. The Balaban J connectivity index is 1.76. The molecule has 188 valence electrons. The van der Waals surface area contributed by atoms with Crippen molar-refractivity contribution in [3.05, 3.63) is 182 Å². The maximum Gasteiger partial charge on any atom is 0.216 e. The van der Waals surface area contributed by atoms with Gasteiger partial charge < -0.3 is 0 Å². The van der Waals surface area contributed by atoms with Crippen LogP contribution in [0.5, 0.6) is 0 Å². The number of nitrogens with one attached hydrogen (secondary N) is 1. The monoisotopic (exact) mass is 539 g/mol. The van der Waals surface area contributed by atoms with Gasteiger partial charge in [-0.2, -0.15) is 0 Å². The fraction of sp³-hybridized carbons (Fsp3) is 0. The van der Waals surface area contributed by atoms with Crippen LogP contribution in [0, 0.1) is 0 Å². The van der Waals surface area contributed by atoms with Crippen molar-refractivity contribution < 1.29 is 0 Å². The number of hydrogen-bond acceptors (Lipinski definition) is 1. The molecule has 1 N–H and O–H groups in total. The SMILES string of the molecule is c1ccc([P+](N[P+](c2ccccc2)(c2ccccc2)c2ccccc2)(c2ccccc2)c2ccccc2)cc1. The Morgan fingerprint density at radius 2 is 0.385 bits per heavy atom. The highest BCUT2D eigenvalue weighted by Gasteiger charge is 2.60. The third kappa shape index (κ3) is 4.75. The van der Waals surface area contributed by atoms with Gasteiger partial charge in [0.25, 0.3) is 0 Å². The highest BCUT2D eigenvalue weighted by atomic mass is 31.2. The average molecular weight is 540 g/mol. The minimum atomic E-state index is -2.37. The number of hydrogen-bond donors (Lipinski definition) is 1. The van der Waals surface area contributed by atoms with Gasteiger partial charge in [-0.25, -0.2) is 0 Å². The molecular formula is C36H31NP2+2. The second kappa shape index (κ2) is 11.5. The Morgan fingerprint density at radius 1 is 0.231 bits per heavy atom. The van der Waals surface area contributed by atoms with E-state index < -0.39 is 14.8 Å². The van der Waals surface area contributed by atoms with Crippen molar-refractivity contribution in [1.82, 2.24) is 4.86 Å². The van der Waals surface area contributed by atoms with Gasteiger partial charge in [0.1, 0.15) is 31.8 Å². The van der Waals surface area contributed by atoms with Crippen molar-refractivity contribution in [1.29, 1.82) is 0 Å². The Hall–Kier alpha value is -3.86. The van der Waals surface area contributed by atoms with E-state index in [1.54, 1.807) is 0 Å². The largest absolute Gasteiger partial charge is 0.216 e. The van der Waals surface area contributed by atoms with Crippen molar-refractivity contribution in [2.24, 2.45) is 0 Å². The standard InChI is InChI=1S/C36H31NP2/c1-7-19-31(20-8-1)38(32-21-9-2-10-22-32,33-23-11-3-12-24-33)37-39(34-25-13-4-14-26-34,35-27-15-5-16-28-35)36-29-17-6-18-30-36/h1-30,37H/q+2. The van der Waals surface area contributed by atoms with Gasteiger partial charge in [0, 0.05) is 0 Å². The minimum Gasteiger partial charge on any atom is -0.0620 e. The lowest BCUT2D eigenvalue weighted by molar-refractivity contribution is 1.55. The van der Waals surface area contributed by atoms with E-state index in [-0.39, 0.29) is 0 Å². The zero-order valence-electron chi connectivity index (χ0n) is 21.7. The highest BCUT2D eigenvalue weighted by molar-refractivity contribution is 8.07. The molecule has 0 bridgehead atoms. The zero-order valence-corrected chi connectivity index (χ0v) is 23.5. The third-order valence-electron chi connectivity index (χ3n) is 7.16. The lowest BCUT2D eigenvalue weighted by atomic mass is 10.4. The molecule has 0 unspecified atom stereocenters. The lowest BCUT2D eigenvalue weighted by Crippen LogP contribution is -2.48. The molecular weight excluding hydrogens is 508 g/mol. The van der Waals surface area contributed by atoms with Gasteiger partial charge in [-0.15, -0.1) is 0 Å².